The summed E-state index contributed by atoms with van der Waals surface area (Å²) in [4.78, 5) is 18.6. The van der Waals surface area contributed by atoms with Crippen LogP contribution in [-0.4, -0.2) is 52.9 Å². The number of aromatic nitrogens is 2. The van der Waals surface area contributed by atoms with Gasteiger partial charge in [0.15, 0.2) is 6.61 Å². The van der Waals surface area contributed by atoms with E-state index in [1.165, 1.54) is 0 Å². The summed E-state index contributed by atoms with van der Waals surface area (Å²) in [7, 11) is 0. The van der Waals surface area contributed by atoms with Crippen LogP contribution < -0.4 is 4.74 Å². The van der Waals surface area contributed by atoms with Gasteiger partial charge < -0.3 is 18.9 Å². The van der Waals surface area contributed by atoms with Crippen molar-refractivity contribution in [3.05, 3.63) is 30.2 Å². The number of carbonyl (C=O) groups excluding carboxylic acids is 1. The van der Waals surface area contributed by atoms with Crippen LogP contribution in [-0.2, 0) is 16.0 Å². The van der Waals surface area contributed by atoms with Crippen molar-refractivity contribution >= 4 is 5.91 Å². The molecule has 2 aromatic rings. The van der Waals surface area contributed by atoms with E-state index in [0.29, 0.717) is 30.6 Å². The minimum Gasteiger partial charge on any atom is -0.484 e. The predicted octanol–water partition coefficient (Wildman–Crippen LogP) is 3.09. The van der Waals surface area contributed by atoms with Crippen LogP contribution >= 0.6 is 0 Å². The normalized spacial score (nSPS) is 19.9. The molecule has 7 nitrogen and oxygen atoms in total. The van der Waals surface area contributed by atoms with E-state index in [4.69, 9.17) is 14.0 Å². The Labute approximate surface area is 159 Å². The maximum atomic E-state index is 12.4. The summed E-state index contributed by atoms with van der Waals surface area (Å²) in [5, 5.41) is 4.02. The van der Waals surface area contributed by atoms with Crippen molar-refractivity contribution in [3.63, 3.8) is 0 Å². The maximum absolute atomic E-state index is 12.4. The number of aryl methyl sites for hydroxylation is 1. The van der Waals surface area contributed by atoms with Gasteiger partial charge in [-0.05, 0) is 44.5 Å². The summed E-state index contributed by atoms with van der Waals surface area (Å²) in [5.41, 5.74) is 0.857. The lowest BCUT2D eigenvalue weighted by atomic mass is 10.2. The van der Waals surface area contributed by atoms with Crippen LogP contribution in [0.1, 0.15) is 39.5 Å². The van der Waals surface area contributed by atoms with E-state index in [1.807, 2.05) is 38.1 Å². The Hall–Kier alpha value is -2.41. The van der Waals surface area contributed by atoms with E-state index < -0.39 is 0 Å². The van der Waals surface area contributed by atoms with Gasteiger partial charge in [-0.1, -0.05) is 18.5 Å². The molecule has 1 aliphatic rings. The molecule has 1 aliphatic heterocycles. The molecule has 1 aromatic carbocycles. The van der Waals surface area contributed by atoms with Crippen LogP contribution in [0, 0.1) is 0 Å². The van der Waals surface area contributed by atoms with Crippen molar-refractivity contribution in [2.45, 2.75) is 52.2 Å². The van der Waals surface area contributed by atoms with Gasteiger partial charge in [0.25, 0.3) is 5.91 Å². The zero-order valence-corrected chi connectivity index (χ0v) is 16.2. The number of hydrogen-bond donors (Lipinski definition) is 0. The second-order valence-corrected chi connectivity index (χ2v) is 6.98. The minimum absolute atomic E-state index is 0.0160. The van der Waals surface area contributed by atoms with Gasteiger partial charge in [0.2, 0.25) is 11.7 Å². The first kappa shape index (κ1) is 19.4. The second kappa shape index (κ2) is 8.99. The Bertz CT molecular complexity index is 734. The Kier molecular flexibility index (Phi) is 6.45. The third-order valence-corrected chi connectivity index (χ3v) is 4.46. The first-order valence-corrected chi connectivity index (χ1v) is 9.54. The number of carbonyl (C=O) groups is 1. The summed E-state index contributed by atoms with van der Waals surface area (Å²) >= 11 is 0. The van der Waals surface area contributed by atoms with Crippen molar-refractivity contribution in [1.82, 2.24) is 15.0 Å². The van der Waals surface area contributed by atoms with Gasteiger partial charge in [-0.2, -0.15) is 4.98 Å². The van der Waals surface area contributed by atoms with Gasteiger partial charge >= 0.3 is 0 Å². The topological polar surface area (TPSA) is 77.7 Å². The molecular formula is C20H27N3O4. The Morgan fingerprint density at radius 2 is 1.93 bits per heavy atom. The van der Waals surface area contributed by atoms with Crippen molar-refractivity contribution in [3.8, 4) is 17.1 Å². The van der Waals surface area contributed by atoms with E-state index in [0.717, 1.165) is 24.8 Å². The van der Waals surface area contributed by atoms with Crippen LogP contribution in [0.25, 0.3) is 11.4 Å². The molecular weight excluding hydrogens is 346 g/mol. The van der Waals surface area contributed by atoms with Gasteiger partial charge in [0.05, 0.1) is 12.2 Å². The van der Waals surface area contributed by atoms with E-state index in [1.54, 1.807) is 4.90 Å². The van der Waals surface area contributed by atoms with E-state index >= 15 is 0 Å². The second-order valence-electron chi connectivity index (χ2n) is 6.98. The maximum Gasteiger partial charge on any atom is 0.260 e. The Morgan fingerprint density at radius 1 is 1.22 bits per heavy atom. The first-order valence-electron chi connectivity index (χ1n) is 9.54. The number of rotatable bonds is 7. The predicted molar refractivity (Wildman–Crippen MR) is 100 cm³/mol. The summed E-state index contributed by atoms with van der Waals surface area (Å²) in [5.74, 6) is 1.84. The smallest absolute Gasteiger partial charge is 0.260 e. The fourth-order valence-electron chi connectivity index (χ4n) is 3.12. The lowest BCUT2D eigenvalue weighted by Gasteiger charge is -2.35. The average molecular weight is 373 g/mol. The number of ether oxygens (including phenoxy) is 2. The highest BCUT2D eigenvalue weighted by Gasteiger charge is 2.25. The quantitative estimate of drug-likeness (QED) is 0.742. The zero-order chi connectivity index (χ0) is 19.2. The third-order valence-electron chi connectivity index (χ3n) is 4.46. The van der Waals surface area contributed by atoms with E-state index in [9.17, 15) is 4.79 Å². The Morgan fingerprint density at radius 3 is 2.59 bits per heavy atom. The average Bonchev–Trinajstić information content (AvgIpc) is 3.13. The molecule has 1 fully saturated rings. The minimum atomic E-state index is -0.0280. The van der Waals surface area contributed by atoms with E-state index in [2.05, 4.69) is 17.1 Å². The molecule has 0 aliphatic carbocycles. The fraction of sp³-hybridized carbons (Fsp3) is 0.550. The Balaban J connectivity index is 1.53. The number of hydrogen-bond acceptors (Lipinski definition) is 6. The van der Waals surface area contributed by atoms with Crippen LogP contribution in [0.4, 0.5) is 0 Å². The monoisotopic (exact) mass is 373 g/mol. The van der Waals surface area contributed by atoms with Gasteiger partial charge in [0, 0.05) is 25.1 Å². The van der Waals surface area contributed by atoms with E-state index in [-0.39, 0.29) is 24.7 Å². The molecule has 2 heterocycles. The standard InChI is InChI=1S/C20H27N3O4/c1-4-5-6-18-21-20(22-27-18)16-7-9-17(10-8-16)25-13-19(24)23-11-14(2)26-15(3)12-23/h7-10,14-15H,4-6,11-13H2,1-3H3. The lowest BCUT2D eigenvalue weighted by Crippen LogP contribution is -2.49. The number of morpholine rings is 1. The SMILES string of the molecule is CCCCc1nc(-c2ccc(OCC(=O)N3CC(C)OC(C)C3)cc2)no1. The number of amides is 1. The molecule has 0 radical (unpaired) electrons. The number of benzene rings is 1. The number of nitrogens with zero attached hydrogens (tertiary/aromatic N) is 3. The van der Waals surface area contributed by atoms with Crippen molar-refractivity contribution in [1.29, 1.82) is 0 Å². The summed E-state index contributed by atoms with van der Waals surface area (Å²) in [6, 6.07) is 7.37. The van der Waals surface area contributed by atoms with Crippen LogP contribution in [0.5, 0.6) is 5.75 Å². The van der Waals surface area contributed by atoms with Crippen molar-refractivity contribution < 1.29 is 18.8 Å². The van der Waals surface area contributed by atoms with Gasteiger partial charge in [0.1, 0.15) is 5.75 Å². The highest BCUT2D eigenvalue weighted by Crippen LogP contribution is 2.21. The fourth-order valence-corrected chi connectivity index (χ4v) is 3.12. The van der Waals surface area contributed by atoms with Gasteiger partial charge in [-0.15, -0.1) is 0 Å². The third kappa shape index (κ3) is 5.29. The molecule has 2 unspecified atom stereocenters. The van der Waals surface area contributed by atoms with Crippen LogP contribution in [0.2, 0.25) is 0 Å². The van der Waals surface area contributed by atoms with Crippen LogP contribution in [0.3, 0.4) is 0 Å². The molecule has 1 saturated heterocycles. The van der Waals surface area contributed by atoms with Crippen molar-refractivity contribution in [2.75, 3.05) is 19.7 Å². The zero-order valence-electron chi connectivity index (χ0n) is 16.2. The molecule has 0 bridgehead atoms. The summed E-state index contributed by atoms with van der Waals surface area (Å²) in [6.45, 7) is 7.29. The van der Waals surface area contributed by atoms with Crippen molar-refractivity contribution in [2.24, 2.45) is 0 Å². The molecule has 3 rings (SSSR count). The number of unbranched alkanes of at least 4 members (excludes halogenated alkanes) is 1. The molecule has 0 N–H and O–H groups in total. The first-order chi connectivity index (χ1) is 13.0. The lowest BCUT2D eigenvalue weighted by molar-refractivity contribution is -0.145. The highest BCUT2D eigenvalue weighted by atomic mass is 16.5. The summed E-state index contributed by atoms with van der Waals surface area (Å²) in [6.07, 6.45) is 3.02. The molecule has 1 amide bonds. The van der Waals surface area contributed by atoms with Crippen LogP contribution in [0.15, 0.2) is 28.8 Å². The molecule has 1 aromatic heterocycles. The van der Waals surface area contributed by atoms with Gasteiger partial charge in [-0.25, -0.2) is 0 Å². The molecule has 146 valence electrons. The summed E-state index contributed by atoms with van der Waals surface area (Å²) < 4.78 is 16.6. The molecule has 0 saturated carbocycles. The molecule has 2 atom stereocenters. The highest BCUT2D eigenvalue weighted by molar-refractivity contribution is 5.78. The largest absolute Gasteiger partial charge is 0.484 e. The molecule has 0 spiro atoms. The van der Waals surface area contributed by atoms with Gasteiger partial charge in [-0.3, -0.25) is 4.79 Å². The molecule has 7 heteroatoms. The molecule has 27 heavy (non-hydrogen) atoms.